The lowest BCUT2D eigenvalue weighted by Gasteiger charge is -2.18. The Labute approximate surface area is 141 Å². The Bertz CT molecular complexity index is 872. The van der Waals surface area contributed by atoms with Crippen molar-refractivity contribution in [2.75, 3.05) is 10.6 Å². The first kappa shape index (κ1) is 16.0. The molecule has 2 aromatic rings. The Morgan fingerprint density at radius 2 is 1.96 bits per heavy atom. The molecule has 3 amide bonds. The third-order valence-corrected chi connectivity index (χ3v) is 4.97. The normalized spacial score (nSPS) is 12.0. The quantitative estimate of drug-likeness (QED) is 0.683. The van der Waals surface area contributed by atoms with Gasteiger partial charge in [0.1, 0.15) is 5.00 Å². The average Bonchev–Trinajstić information content (AvgIpc) is 2.84. The third kappa shape index (κ3) is 2.83. The van der Waals surface area contributed by atoms with Crippen LogP contribution in [0.1, 0.15) is 28.4 Å². The van der Waals surface area contributed by atoms with E-state index in [1.54, 1.807) is 12.1 Å². The second-order valence-corrected chi connectivity index (χ2v) is 6.48. The maximum Gasteiger partial charge on any atom is 0.409 e. The van der Waals surface area contributed by atoms with Gasteiger partial charge < -0.3 is 16.2 Å². The van der Waals surface area contributed by atoms with E-state index < -0.39 is 12.0 Å². The Morgan fingerprint density at radius 3 is 2.58 bits per heavy atom. The first-order chi connectivity index (χ1) is 11.4. The van der Waals surface area contributed by atoms with E-state index in [1.165, 1.54) is 18.3 Å². The molecule has 0 fully saturated rings. The molecule has 0 saturated heterocycles. The van der Waals surface area contributed by atoms with Gasteiger partial charge in [-0.2, -0.15) is 0 Å². The Hall–Kier alpha value is -2.87. The fourth-order valence-electron chi connectivity index (χ4n) is 2.90. The van der Waals surface area contributed by atoms with Crippen LogP contribution in [-0.2, 0) is 17.6 Å². The van der Waals surface area contributed by atoms with Crippen molar-refractivity contribution < 1.29 is 19.5 Å². The number of anilines is 2. The number of carboxylic acid groups (broad SMARTS) is 1. The number of hydrogen-bond acceptors (Lipinski definition) is 4. The van der Waals surface area contributed by atoms with Crippen LogP contribution in [0.2, 0.25) is 0 Å². The lowest BCUT2D eigenvalue weighted by atomic mass is 9.89. The predicted molar refractivity (Wildman–Crippen MR) is 91.6 cm³/mol. The van der Waals surface area contributed by atoms with Gasteiger partial charge in [0.2, 0.25) is 5.91 Å². The standard InChI is InChI=1S/C16H15N3O4S/c1-7(20)18-15-12(14(17)21)10-5-3-8-2-4-9(19-16(22)23)6-11(8)13(10)24-15/h2,4,6,19H,3,5H2,1H3,(H2,17,21)(H,18,20)(H,22,23). The number of aryl methyl sites for hydroxylation is 1. The summed E-state index contributed by atoms with van der Waals surface area (Å²) in [5.41, 5.74) is 9.01. The molecule has 3 rings (SSSR count). The van der Waals surface area contributed by atoms with Crippen LogP contribution in [0.3, 0.4) is 0 Å². The fourth-order valence-corrected chi connectivity index (χ4v) is 4.25. The summed E-state index contributed by atoms with van der Waals surface area (Å²) in [5, 5.41) is 14.3. The predicted octanol–water partition coefficient (Wildman–Crippen LogP) is 2.66. The monoisotopic (exact) mass is 345 g/mol. The highest BCUT2D eigenvalue weighted by molar-refractivity contribution is 7.20. The molecule has 1 aliphatic rings. The second-order valence-electron chi connectivity index (χ2n) is 5.46. The molecule has 0 bridgehead atoms. The largest absolute Gasteiger partial charge is 0.465 e. The Morgan fingerprint density at radius 1 is 1.21 bits per heavy atom. The van der Waals surface area contributed by atoms with Crippen molar-refractivity contribution in [1.82, 2.24) is 0 Å². The summed E-state index contributed by atoms with van der Waals surface area (Å²) in [4.78, 5) is 34.9. The summed E-state index contributed by atoms with van der Waals surface area (Å²) >= 11 is 1.28. The van der Waals surface area contributed by atoms with Crippen LogP contribution in [0.25, 0.3) is 10.4 Å². The molecule has 1 aliphatic carbocycles. The number of fused-ring (bicyclic) bond motifs is 3. The zero-order valence-corrected chi connectivity index (χ0v) is 13.6. The summed E-state index contributed by atoms with van der Waals surface area (Å²) in [6.07, 6.45) is 0.211. The van der Waals surface area contributed by atoms with Gasteiger partial charge in [0.15, 0.2) is 0 Å². The number of thiophene rings is 1. The molecule has 0 unspecified atom stereocenters. The highest BCUT2D eigenvalue weighted by Gasteiger charge is 2.27. The molecule has 8 heteroatoms. The van der Waals surface area contributed by atoms with Crippen LogP contribution in [0, 0.1) is 0 Å². The van der Waals surface area contributed by atoms with E-state index in [1.807, 2.05) is 6.07 Å². The maximum atomic E-state index is 11.8. The second kappa shape index (κ2) is 5.97. The van der Waals surface area contributed by atoms with Crippen LogP contribution in [0.4, 0.5) is 15.5 Å². The van der Waals surface area contributed by atoms with Crippen LogP contribution < -0.4 is 16.4 Å². The number of primary amides is 1. The summed E-state index contributed by atoms with van der Waals surface area (Å²) in [6, 6.07) is 5.31. The van der Waals surface area contributed by atoms with Crippen molar-refractivity contribution >= 4 is 39.9 Å². The number of benzene rings is 1. The topological polar surface area (TPSA) is 122 Å². The number of rotatable bonds is 3. The molecular weight excluding hydrogens is 330 g/mol. The highest BCUT2D eigenvalue weighted by Crippen LogP contribution is 2.45. The number of nitrogens with one attached hydrogen (secondary N) is 2. The molecular formula is C16H15N3O4S. The summed E-state index contributed by atoms with van der Waals surface area (Å²) < 4.78 is 0. The minimum Gasteiger partial charge on any atom is -0.465 e. The summed E-state index contributed by atoms with van der Waals surface area (Å²) in [6.45, 7) is 1.37. The van der Waals surface area contributed by atoms with Crippen molar-refractivity contribution in [2.24, 2.45) is 5.73 Å². The molecule has 1 aromatic heterocycles. The fraction of sp³-hybridized carbons (Fsp3) is 0.188. The van der Waals surface area contributed by atoms with Crippen molar-refractivity contribution in [3.63, 3.8) is 0 Å². The number of amides is 3. The van der Waals surface area contributed by atoms with Crippen LogP contribution in [-0.4, -0.2) is 23.0 Å². The Kier molecular flexibility index (Phi) is 3.98. The molecule has 0 saturated carbocycles. The van der Waals surface area contributed by atoms with E-state index in [0.717, 1.165) is 21.6 Å². The van der Waals surface area contributed by atoms with Crippen LogP contribution in [0.5, 0.6) is 0 Å². The van der Waals surface area contributed by atoms with Gasteiger partial charge in [-0.25, -0.2) is 4.79 Å². The van der Waals surface area contributed by atoms with Gasteiger partial charge in [-0.15, -0.1) is 11.3 Å². The van der Waals surface area contributed by atoms with E-state index in [2.05, 4.69) is 10.6 Å². The first-order valence-electron chi connectivity index (χ1n) is 7.23. The zero-order chi connectivity index (χ0) is 17.4. The molecule has 0 spiro atoms. The minimum atomic E-state index is -1.14. The molecule has 0 atom stereocenters. The van der Waals surface area contributed by atoms with Gasteiger partial charge in [0.05, 0.1) is 5.56 Å². The number of carbonyl (C=O) groups is 3. The highest BCUT2D eigenvalue weighted by atomic mass is 32.1. The SMILES string of the molecule is CC(=O)Nc1sc2c(c1C(N)=O)CCc1ccc(NC(=O)O)cc1-2. The van der Waals surface area contributed by atoms with Crippen molar-refractivity contribution in [3.05, 3.63) is 34.9 Å². The summed E-state index contributed by atoms with van der Waals surface area (Å²) in [7, 11) is 0. The molecule has 0 aliphatic heterocycles. The van der Waals surface area contributed by atoms with E-state index in [4.69, 9.17) is 10.8 Å². The van der Waals surface area contributed by atoms with Crippen LogP contribution >= 0.6 is 11.3 Å². The summed E-state index contributed by atoms with van der Waals surface area (Å²) in [5.74, 6) is -0.864. The molecule has 0 radical (unpaired) electrons. The van der Waals surface area contributed by atoms with Gasteiger partial charge >= 0.3 is 6.09 Å². The van der Waals surface area contributed by atoms with Gasteiger partial charge in [0.25, 0.3) is 5.91 Å². The number of nitrogens with two attached hydrogens (primary N) is 1. The lowest BCUT2D eigenvalue weighted by molar-refractivity contribution is -0.114. The van der Waals surface area contributed by atoms with E-state index in [9.17, 15) is 14.4 Å². The third-order valence-electron chi connectivity index (χ3n) is 3.79. The molecule has 124 valence electrons. The van der Waals surface area contributed by atoms with Crippen molar-refractivity contribution in [3.8, 4) is 10.4 Å². The average molecular weight is 345 g/mol. The molecule has 1 aromatic carbocycles. The molecule has 7 nitrogen and oxygen atoms in total. The van der Waals surface area contributed by atoms with Crippen molar-refractivity contribution in [2.45, 2.75) is 19.8 Å². The van der Waals surface area contributed by atoms with Crippen molar-refractivity contribution in [1.29, 1.82) is 0 Å². The lowest BCUT2D eigenvalue weighted by Crippen LogP contribution is -2.17. The zero-order valence-electron chi connectivity index (χ0n) is 12.8. The van der Waals surface area contributed by atoms with E-state index in [0.29, 0.717) is 29.1 Å². The van der Waals surface area contributed by atoms with E-state index >= 15 is 0 Å². The number of hydrogen-bond donors (Lipinski definition) is 4. The molecule has 1 heterocycles. The molecule has 24 heavy (non-hydrogen) atoms. The van der Waals surface area contributed by atoms with Gasteiger partial charge in [-0.3, -0.25) is 14.9 Å². The smallest absolute Gasteiger partial charge is 0.409 e. The maximum absolute atomic E-state index is 11.8. The first-order valence-corrected chi connectivity index (χ1v) is 8.04. The minimum absolute atomic E-state index is 0.280. The van der Waals surface area contributed by atoms with Crippen LogP contribution in [0.15, 0.2) is 18.2 Å². The van der Waals surface area contributed by atoms with Gasteiger partial charge in [-0.05, 0) is 41.7 Å². The van der Waals surface area contributed by atoms with E-state index in [-0.39, 0.29) is 5.91 Å². The van der Waals surface area contributed by atoms with Gasteiger partial charge in [-0.1, -0.05) is 6.07 Å². The molecule has 5 N–H and O–H groups in total. The number of carbonyl (C=O) groups excluding carboxylic acids is 2. The van der Waals surface area contributed by atoms with Gasteiger partial charge in [0, 0.05) is 17.5 Å². The Balaban J connectivity index is 2.15.